The molecule has 1 rings (SSSR count). The maximum absolute atomic E-state index is 13.3. The second kappa shape index (κ2) is 5.24. The molecule has 0 aliphatic carbocycles. The van der Waals surface area contributed by atoms with Crippen LogP contribution in [0.25, 0.3) is 0 Å². The van der Waals surface area contributed by atoms with Gasteiger partial charge < -0.3 is 10.1 Å². The van der Waals surface area contributed by atoms with Crippen molar-refractivity contribution in [3.8, 4) is 5.75 Å². The van der Waals surface area contributed by atoms with Crippen LogP contribution < -0.4 is 10.1 Å². The van der Waals surface area contributed by atoms with Crippen molar-refractivity contribution in [1.29, 1.82) is 0 Å². The van der Waals surface area contributed by atoms with Crippen LogP contribution in [0.5, 0.6) is 5.75 Å². The molecular formula is C11H11F4NO2. The van der Waals surface area contributed by atoms with Crippen molar-refractivity contribution in [2.45, 2.75) is 26.3 Å². The third-order valence-corrected chi connectivity index (χ3v) is 1.84. The summed E-state index contributed by atoms with van der Waals surface area (Å²) >= 11 is 0. The van der Waals surface area contributed by atoms with Crippen molar-refractivity contribution >= 4 is 5.91 Å². The Balaban J connectivity index is 2.89. The van der Waals surface area contributed by atoms with Gasteiger partial charge in [0.05, 0.1) is 0 Å². The predicted molar refractivity (Wildman–Crippen MR) is 55.7 cm³/mol. The number of hydrogen-bond acceptors (Lipinski definition) is 2. The van der Waals surface area contributed by atoms with E-state index in [-0.39, 0.29) is 11.6 Å². The summed E-state index contributed by atoms with van der Waals surface area (Å²) in [6, 6.07) is 2.35. The maximum atomic E-state index is 13.3. The first-order chi connectivity index (χ1) is 8.19. The van der Waals surface area contributed by atoms with Crippen molar-refractivity contribution < 1.29 is 27.1 Å². The Kier molecular flexibility index (Phi) is 4.15. The number of rotatable bonds is 3. The van der Waals surface area contributed by atoms with E-state index in [1.807, 2.05) is 0 Å². The first-order valence-electron chi connectivity index (χ1n) is 5.05. The number of ether oxygens (including phenoxy) is 1. The summed E-state index contributed by atoms with van der Waals surface area (Å²) in [6.07, 6.45) is -4.97. The molecule has 1 amide bonds. The number of benzene rings is 1. The minimum Gasteiger partial charge on any atom is -0.403 e. The van der Waals surface area contributed by atoms with Crippen molar-refractivity contribution in [2.24, 2.45) is 0 Å². The molecule has 0 bridgehead atoms. The topological polar surface area (TPSA) is 38.3 Å². The van der Waals surface area contributed by atoms with E-state index in [0.717, 1.165) is 12.1 Å². The van der Waals surface area contributed by atoms with Crippen LogP contribution in [0.4, 0.5) is 17.6 Å². The van der Waals surface area contributed by atoms with Crippen LogP contribution in [0.3, 0.4) is 0 Å². The summed E-state index contributed by atoms with van der Waals surface area (Å²) in [4.78, 5) is 11.5. The van der Waals surface area contributed by atoms with Gasteiger partial charge in [0.25, 0.3) is 5.91 Å². The van der Waals surface area contributed by atoms with Crippen LogP contribution in [0.1, 0.15) is 24.2 Å². The molecule has 18 heavy (non-hydrogen) atoms. The van der Waals surface area contributed by atoms with E-state index in [4.69, 9.17) is 0 Å². The average Bonchev–Trinajstić information content (AvgIpc) is 2.18. The molecule has 0 saturated heterocycles. The Morgan fingerprint density at radius 1 is 1.33 bits per heavy atom. The molecule has 0 aromatic heterocycles. The van der Waals surface area contributed by atoms with Gasteiger partial charge in [-0.25, -0.2) is 4.39 Å². The molecule has 0 spiro atoms. The number of halogens is 4. The van der Waals surface area contributed by atoms with Crippen molar-refractivity contribution in [3.63, 3.8) is 0 Å². The zero-order chi connectivity index (χ0) is 13.9. The lowest BCUT2D eigenvalue weighted by Crippen LogP contribution is -2.30. The molecule has 1 N–H and O–H groups in total. The second-order valence-corrected chi connectivity index (χ2v) is 3.82. The zero-order valence-electron chi connectivity index (χ0n) is 9.64. The van der Waals surface area contributed by atoms with Gasteiger partial charge in [-0.15, -0.1) is 13.2 Å². The summed E-state index contributed by atoms with van der Waals surface area (Å²) < 4.78 is 52.4. The summed E-state index contributed by atoms with van der Waals surface area (Å²) in [5.74, 6) is -2.78. The van der Waals surface area contributed by atoms with Gasteiger partial charge in [-0.2, -0.15) is 0 Å². The molecule has 0 aliphatic rings. The molecule has 3 nitrogen and oxygen atoms in total. The molecule has 1 aromatic rings. The van der Waals surface area contributed by atoms with E-state index >= 15 is 0 Å². The minimum atomic E-state index is -4.97. The standard InChI is InChI=1S/C11H11F4NO2/c1-6(2)16-10(17)7-3-4-9(8(12)5-7)18-11(13,14)15/h3-6H,1-2H3,(H,16,17). The molecule has 0 fully saturated rings. The van der Waals surface area contributed by atoms with Gasteiger partial charge in [-0.3, -0.25) is 4.79 Å². The smallest absolute Gasteiger partial charge is 0.403 e. The van der Waals surface area contributed by atoms with Gasteiger partial charge in [-0.1, -0.05) is 0 Å². The molecule has 0 unspecified atom stereocenters. The number of amides is 1. The monoisotopic (exact) mass is 265 g/mol. The Morgan fingerprint density at radius 2 is 1.94 bits per heavy atom. The second-order valence-electron chi connectivity index (χ2n) is 3.82. The summed E-state index contributed by atoms with van der Waals surface area (Å²) in [5.41, 5.74) is -0.0734. The Morgan fingerprint density at radius 3 is 2.39 bits per heavy atom. The summed E-state index contributed by atoms with van der Waals surface area (Å²) in [5, 5.41) is 2.49. The van der Waals surface area contributed by atoms with Gasteiger partial charge in [0.1, 0.15) is 0 Å². The highest BCUT2D eigenvalue weighted by Gasteiger charge is 2.32. The van der Waals surface area contributed by atoms with Gasteiger partial charge >= 0.3 is 6.36 Å². The van der Waals surface area contributed by atoms with Gasteiger partial charge in [-0.05, 0) is 32.0 Å². The quantitative estimate of drug-likeness (QED) is 0.853. The van der Waals surface area contributed by atoms with Crippen molar-refractivity contribution in [3.05, 3.63) is 29.6 Å². The van der Waals surface area contributed by atoms with Crippen LogP contribution in [0.2, 0.25) is 0 Å². The molecule has 0 saturated carbocycles. The molecule has 0 radical (unpaired) electrons. The van der Waals surface area contributed by atoms with Crippen LogP contribution in [-0.4, -0.2) is 18.3 Å². The predicted octanol–water partition coefficient (Wildman–Crippen LogP) is 2.86. The van der Waals surface area contributed by atoms with E-state index in [1.54, 1.807) is 13.8 Å². The molecule has 0 aliphatic heterocycles. The number of nitrogens with one attached hydrogen (secondary N) is 1. The van der Waals surface area contributed by atoms with Crippen LogP contribution in [0, 0.1) is 5.82 Å². The van der Waals surface area contributed by atoms with Crippen molar-refractivity contribution in [2.75, 3.05) is 0 Å². The number of hydrogen-bond donors (Lipinski definition) is 1. The largest absolute Gasteiger partial charge is 0.573 e. The Hall–Kier alpha value is -1.79. The molecular weight excluding hydrogens is 254 g/mol. The van der Waals surface area contributed by atoms with Crippen molar-refractivity contribution in [1.82, 2.24) is 5.32 Å². The van der Waals surface area contributed by atoms with E-state index in [1.165, 1.54) is 0 Å². The van der Waals surface area contributed by atoms with Crippen LogP contribution in [0.15, 0.2) is 18.2 Å². The summed E-state index contributed by atoms with van der Waals surface area (Å²) in [6.45, 7) is 3.41. The van der Waals surface area contributed by atoms with E-state index in [0.29, 0.717) is 6.07 Å². The highest BCUT2D eigenvalue weighted by atomic mass is 19.4. The fourth-order valence-electron chi connectivity index (χ4n) is 1.20. The van der Waals surface area contributed by atoms with E-state index < -0.39 is 23.8 Å². The lowest BCUT2D eigenvalue weighted by molar-refractivity contribution is -0.275. The fraction of sp³-hybridized carbons (Fsp3) is 0.364. The van der Waals surface area contributed by atoms with Gasteiger partial charge in [0.15, 0.2) is 11.6 Å². The first-order valence-corrected chi connectivity index (χ1v) is 5.05. The molecule has 0 atom stereocenters. The Labute approximate surface area is 101 Å². The Bertz CT molecular complexity index is 443. The lowest BCUT2D eigenvalue weighted by atomic mass is 10.2. The number of alkyl halides is 3. The number of carbonyl (C=O) groups is 1. The zero-order valence-corrected chi connectivity index (χ0v) is 9.64. The molecule has 0 heterocycles. The van der Waals surface area contributed by atoms with Crippen LogP contribution >= 0.6 is 0 Å². The average molecular weight is 265 g/mol. The van der Waals surface area contributed by atoms with E-state index in [2.05, 4.69) is 10.1 Å². The van der Waals surface area contributed by atoms with Gasteiger partial charge in [0.2, 0.25) is 0 Å². The lowest BCUT2D eigenvalue weighted by Gasteiger charge is -2.11. The third kappa shape index (κ3) is 4.23. The highest BCUT2D eigenvalue weighted by Crippen LogP contribution is 2.26. The molecule has 7 heteroatoms. The SMILES string of the molecule is CC(C)NC(=O)c1ccc(OC(F)(F)F)c(F)c1. The normalized spacial score (nSPS) is 11.5. The highest BCUT2D eigenvalue weighted by molar-refractivity contribution is 5.94. The maximum Gasteiger partial charge on any atom is 0.573 e. The van der Waals surface area contributed by atoms with E-state index in [9.17, 15) is 22.4 Å². The molecule has 1 aromatic carbocycles. The first kappa shape index (κ1) is 14.3. The third-order valence-electron chi connectivity index (χ3n) is 1.84. The molecule has 100 valence electrons. The van der Waals surface area contributed by atoms with Gasteiger partial charge in [0, 0.05) is 11.6 Å². The van der Waals surface area contributed by atoms with Crippen LogP contribution in [-0.2, 0) is 0 Å². The fourth-order valence-corrected chi connectivity index (χ4v) is 1.20. The number of carbonyl (C=O) groups excluding carboxylic acids is 1. The minimum absolute atomic E-state index is 0.0734. The summed E-state index contributed by atoms with van der Waals surface area (Å²) in [7, 11) is 0.